The van der Waals surface area contributed by atoms with Gasteiger partial charge in [0.25, 0.3) is 0 Å². The van der Waals surface area contributed by atoms with Gasteiger partial charge in [-0.15, -0.1) is 0 Å². The number of amides is 1. The molecule has 320 valence electrons. The average Bonchev–Trinajstić information content (AvgIpc) is 3.04. The number of carboxylic acid groups (broad SMARTS) is 1. The molecular weight excluding hydrogens is 776 g/mol. The molecule has 0 fully saturated rings. The van der Waals surface area contributed by atoms with Crippen molar-refractivity contribution in [2.24, 2.45) is 0 Å². The fourth-order valence-corrected chi connectivity index (χ4v) is 11.7. The van der Waals surface area contributed by atoms with Gasteiger partial charge in [-0.05, 0) is 97.9 Å². The first-order valence-corrected chi connectivity index (χ1v) is 23.8. The van der Waals surface area contributed by atoms with E-state index in [4.69, 9.17) is 19.1 Å². The second-order valence-electron chi connectivity index (χ2n) is 16.6. The van der Waals surface area contributed by atoms with E-state index in [9.17, 15) is 38.5 Å². The molecule has 0 bridgehead atoms. The minimum atomic E-state index is -3.42. The standard InChI is InChI=1S/C40H63N3O12P2/c1-11-53-57(10,52)38(56(8,9)51)41-34(46)18-14-28-12-16-32(44)30(22-28)24-42(26-36(49)54-39(2,3)4)20-21-43(27-37(50)55-40(5,6)7)25-31-23-29(13-17-33(31)45)15-19-35(47)48/h12-13,16-17,22-23,38,44-45H,11,14-15,18-21,24-27H2,1-10H3,(H,41,46)(H,47,48). The number of esters is 2. The molecule has 2 atom stereocenters. The second-order valence-corrected chi connectivity index (χ2v) is 23.0. The van der Waals surface area contributed by atoms with Crippen molar-refractivity contribution in [2.75, 3.05) is 52.8 Å². The Morgan fingerprint density at radius 2 is 1.16 bits per heavy atom. The summed E-state index contributed by atoms with van der Waals surface area (Å²) in [4.78, 5) is 53.9. The molecule has 4 N–H and O–H groups in total. The fourth-order valence-electron chi connectivity index (χ4n) is 5.98. The molecule has 15 nitrogen and oxygen atoms in total. The highest BCUT2D eigenvalue weighted by atomic mass is 31.2. The number of benzene rings is 2. The monoisotopic (exact) mass is 839 g/mol. The van der Waals surface area contributed by atoms with Gasteiger partial charge in [-0.25, -0.2) is 0 Å². The zero-order chi connectivity index (χ0) is 43.4. The summed E-state index contributed by atoms with van der Waals surface area (Å²) in [5.74, 6) is -2.52. The van der Waals surface area contributed by atoms with Crippen LogP contribution >= 0.6 is 14.5 Å². The first kappa shape index (κ1) is 49.4. The van der Waals surface area contributed by atoms with Gasteiger partial charge in [-0.3, -0.25) is 33.5 Å². The minimum absolute atomic E-state index is 0.0293. The van der Waals surface area contributed by atoms with Crippen LogP contribution in [0.25, 0.3) is 0 Å². The lowest BCUT2D eigenvalue weighted by atomic mass is 10.0. The lowest BCUT2D eigenvalue weighted by Crippen LogP contribution is -2.41. The van der Waals surface area contributed by atoms with Gasteiger partial charge < -0.3 is 39.2 Å². The van der Waals surface area contributed by atoms with Crippen LogP contribution in [0.1, 0.15) is 83.6 Å². The van der Waals surface area contributed by atoms with Crippen molar-refractivity contribution in [3.8, 4) is 11.5 Å². The molecule has 0 spiro atoms. The molecule has 2 unspecified atom stereocenters. The number of aromatic hydroxyl groups is 2. The molecule has 0 aromatic heterocycles. The predicted molar refractivity (Wildman–Crippen MR) is 219 cm³/mol. The number of carbonyl (C=O) groups excluding carboxylic acids is 3. The normalized spacial score (nSPS) is 13.9. The molecule has 0 saturated carbocycles. The summed E-state index contributed by atoms with van der Waals surface area (Å²) in [7, 11) is -6.48. The third-order valence-electron chi connectivity index (χ3n) is 8.33. The summed E-state index contributed by atoms with van der Waals surface area (Å²) < 4.78 is 42.7. The Hall–Kier alpha value is -3.74. The topological polar surface area (TPSA) is 209 Å². The molecule has 0 radical (unpaired) electrons. The predicted octanol–water partition coefficient (Wildman–Crippen LogP) is 6.00. The van der Waals surface area contributed by atoms with Crippen molar-refractivity contribution in [3.05, 3.63) is 58.7 Å². The number of ether oxygens (including phenoxy) is 2. The minimum Gasteiger partial charge on any atom is -0.508 e. The Morgan fingerprint density at radius 3 is 1.53 bits per heavy atom. The fraction of sp³-hybridized carbons (Fsp3) is 0.600. The third kappa shape index (κ3) is 19.0. The van der Waals surface area contributed by atoms with Gasteiger partial charge in [0.1, 0.15) is 29.8 Å². The van der Waals surface area contributed by atoms with Gasteiger partial charge >= 0.3 is 17.9 Å². The van der Waals surface area contributed by atoms with Crippen molar-refractivity contribution in [1.82, 2.24) is 15.1 Å². The highest BCUT2D eigenvalue weighted by Crippen LogP contribution is 2.62. The molecule has 2 rings (SSSR count). The Bertz CT molecular complexity index is 1800. The van der Waals surface area contributed by atoms with Crippen LogP contribution in [0.4, 0.5) is 0 Å². The van der Waals surface area contributed by atoms with Crippen LogP contribution in [0.2, 0.25) is 0 Å². The molecule has 2 aromatic rings. The first-order valence-electron chi connectivity index (χ1n) is 18.9. The number of hydrogen-bond donors (Lipinski definition) is 4. The summed E-state index contributed by atoms with van der Waals surface area (Å²) in [6.45, 7) is 16.8. The SMILES string of the molecule is CCOP(C)(=O)C(NC(=O)CCc1ccc(O)c(CN(CCN(CC(=O)OC(C)(C)C)Cc2cc(CCC(=O)O)ccc2O)CC(=O)OC(C)(C)C)c1)P(C)(C)=O. The van der Waals surface area contributed by atoms with Crippen LogP contribution in [-0.4, -0.2) is 118 Å². The van der Waals surface area contributed by atoms with Crippen molar-refractivity contribution in [3.63, 3.8) is 0 Å². The number of phenols is 2. The second kappa shape index (κ2) is 21.3. The molecule has 0 heterocycles. The third-order valence-corrected chi connectivity index (χ3v) is 14.4. The number of rotatable bonds is 22. The first-order chi connectivity index (χ1) is 26.2. The number of hydrogen-bond acceptors (Lipinski definition) is 13. The highest BCUT2D eigenvalue weighted by Gasteiger charge is 2.39. The van der Waals surface area contributed by atoms with Crippen molar-refractivity contribution < 1.29 is 57.6 Å². The van der Waals surface area contributed by atoms with E-state index < -0.39 is 55.1 Å². The van der Waals surface area contributed by atoms with E-state index in [0.29, 0.717) is 22.3 Å². The Kier molecular flexibility index (Phi) is 18.5. The van der Waals surface area contributed by atoms with Crippen LogP contribution in [0.15, 0.2) is 36.4 Å². The van der Waals surface area contributed by atoms with E-state index >= 15 is 0 Å². The highest BCUT2D eigenvalue weighted by molar-refractivity contribution is 7.78. The van der Waals surface area contributed by atoms with Crippen LogP contribution < -0.4 is 5.32 Å². The Labute approximate surface area is 337 Å². The van der Waals surface area contributed by atoms with Gasteiger partial charge in [-0.2, -0.15) is 0 Å². The summed E-state index contributed by atoms with van der Waals surface area (Å²) >= 11 is 0. The number of carboxylic acids is 1. The number of carbonyl (C=O) groups is 4. The summed E-state index contributed by atoms with van der Waals surface area (Å²) in [5.41, 5.74) is -0.336. The van der Waals surface area contributed by atoms with E-state index in [-0.39, 0.29) is 83.1 Å². The maximum Gasteiger partial charge on any atom is 0.320 e. The van der Waals surface area contributed by atoms with Crippen LogP contribution in [0.3, 0.4) is 0 Å². The summed E-state index contributed by atoms with van der Waals surface area (Å²) in [5, 5.41) is 33.5. The molecule has 17 heteroatoms. The average molecular weight is 840 g/mol. The van der Waals surface area contributed by atoms with Crippen LogP contribution in [0.5, 0.6) is 11.5 Å². The molecule has 57 heavy (non-hydrogen) atoms. The zero-order valence-electron chi connectivity index (χ0n) is 35.1. The van der Waals surface area contributed by atoms with Crippen molar-refractivity contribution in [2.45, 2.75) is 104 Å². The zero-order valence-corrected chi connectivity index (χ0v) is 36.9. The van der Waals surface area contributed by atoms with Gasteiger partial charge in [-0.1, -0.05) is 24.3 Å². The maximum atomic E-state index is 13.1. The van der Waals surface area contributed by atoms with E-state index in [2.05, 4.69) is 5.32 Å². The lowest BCUT2D eigenvalue weighted by Gasteiger charge is -2.29. The number of aliphatic carboxylic acids is 1. The number of aryl methyl sites for hydroxylation is 2. The smallest absolute Gasteiger partial charge is 0.320 e. The Balaban J connectivity index is 2.37. The Morgan fingerprint density at radius 1 is 0.737 bits per heavy atom. The largest absolute Gasteiger partial charge is 0.508 e. The lowest BCUT2D eigenvalue weighted by molar-refractivity contribution is -0.158. The number of nitrogens with zero attached hydrogens (tertiary/aromatic N) is 2. The molecule has 0 aliphatic carbocycles. The van der Waals surface area contributed by atoms with Gasteiger partial charge in [0, 0.05) is 56.8 Å². The van der Waals surface area contributed by atoms with E-state index in [1.807, 2.05) is 0 Å². The van der Waals surface area contributed by atoms with E-state index in [1.54, 1.807) is 82.5 Å². The quantitative estimate of drug-likeness (QED) is 0.0792. The van der Waals surface area contributed by atoms with Crippen LogP contribution in [0, 0.1) is 0 Å². The molecule has 0 saturated heterocycles. The molecule has 2 aromatic carbocycles. The maximum absolute atomic E-state index is 13.1. The van der Waals surface area contributed by atoms with Gasteiger partial charge in [0.2, 0.25) is 13.3 Å². The van der Waals surface area contributed by atoms with Crippen LogP contribution in [-0.2, 0) is 68.2 Å². The van der Waals surface area contributed by atoms with Gasteiger partial charge in [0.15, 0.2) is 5.52 Å². The van der Waals surface area contributed by atoms with Crippen molar-refractivity contribution in [1.29, 1.82) is 0 Å². The van der Waals surface area contributed by atoms with E-state index in [0.717, 1.165) is 0 Å². The number of nitrogens with one attached hydrogen (secondary N) is 1. The summed E-state index contributed by atoms with van der Waals surface area (Å²) in [6, 6.07) is 9.71. The van der Waals surface area contributed by atoms with Crippen molar-refractivity contribution >= 4 is 38.3 Å². The number of phenolic OH excluding ortho intramolecular Hbond substituents is 2. The molecule has 1 amide bonds. The molecule has 0 aliphatic heterocycles. The van der Waals surface area contributed by atoms with Gasteiger partial charge in [0.05, 0.1) is 19.7 Å². The van der Waals surface area contributed by atoms with E-state index in [1.165, 1.54) is 32.1 Å². The summed E-state index contributed by atoms with van der Waals surface area (Å²) in [6.07, 6.45) is 0.361. The molecule has 0 aliphatic rings. The molecular formula is C40H63N3O12P2.